The zero-order valence-corrected chi connectivity index (χ0v) is 18.2. The quantitative estimate of drug-likeness (QED) is 0.434. The molecule has 0 bridgehead atoms. The summed E-state index contributed by atoms with van der Waals surface area (Å²) in [6.45, 7) is 12.1. The Morgan fingerprint density at radius 2 is 1.92 bits per heavy atom. The lowest BCUT2D eigenvalue weighted by molar-refractivity contribution is 0.367. The van der Waals surface area contributed by atoms with E-state index in [4.69, 9.17) is 4.74 Å². The van der Waals surface area contributed by atoms with E-state index in [1.807, 2.05) is 19.2 Å². The third-order valence-electron chi connectivity index (χ3n) is 4.75. The van der Waals surface area contributed by atoms with Gasteiger partial charge in [-0.05, 0) is 29.5 Å². The molecule has 4 nitrogen and oxygen atoms in total. The van der Waals surface area contributed by atoms with Gasteiger partial charge in [-0.25, -0.2) is 0 Å². The Kier molecular flexibility index (Phi) is 7.38. The molecule has 5 heteroatoms. The first-order valence-corrected chi connectivity index (χ1v) is 8.37. The first-order valence-electron chi connectivity index (χ1n) is 8.37. The maximum absolute atomic E-state index is 5.24. The molecule has 136 valence electrons. The highest BCUT2D eigenvalue weighted by Crippen LogP contribution is 2.29. The monoisotopic (exact) mass is 445 g/mol. The van der Waals surface area contributed by atoms with Crippen LogP contribution >= 0.6 is 24.0 Å². The topological polar surface area (TPSA) is 36.9 Å². The van der Waals surface area contributed by atoms with Crippen LogP contribution in [0.25, 0.3) is 0 Å². The van der Waals surface area contributed by atoms with E-state index in [2.05, 4.69) is 55.0 Å². The predicted molar refractivity (Wildman–Crippen MR) is 113 cm³/mol. The summed E-state index contributed by atoms with van der Waals surface area (Å²) in [4.78, 5) is 6.84. The molecule has 1 heterocycles. The number of nitrogens with one attached hydrogen (secondary N) is 1. The lowest BCUT2D eigenvalue weighted by Crippen LogP contribution is -2.45. The molecule has 0 aliphatic carbocycles. The summed E-state index contributed by atoms with van der Waals surface area (Å²) in [5.41, 5.74) is 1.70. The maximum atomic E-state index is 5.24. The summed E-state index contributed by atoms with van der Waals surface area (Å²) >= 11 is 0. The first-order chi connectivity index (χ1) is 10.8. The molecule has 24 heavy (non-hydrogen) atoms. The Morgan fingerprint density at radius 1 is 1.29 bits per heavy atom. The number of nitrogens with zero attached hydrogens (tertiary/aromatic N) is 2. The number of rotatable bonds is 4. The zero-order valence-electron chi connectivity index (χ0n) is 15.8. The van der Waals surface area contributed by atoms with Gasteiger partial charge in [-0.15, -0.1) is 24.0 Å². The standard InChI is InChI=1S/C19H31N3O.HI/c1-18(2)11-12-22(14-18)17(20-5)21-13-19(3,4)15-7-9-16(23-6)10-8-15;/h7-10H,11-14H2,1-6H3,(H,20,21);1H. The van der Waals surface area contributed by atoms with Crippen molar-refractivity contribution in [1.29, 1.82) is 0 Å². The van der Waals surface area contributed by atoms with E-state index in [0.29, 0.717) is 5.41 Å². The van der Waals surface area contributed by atoms with Gasteiger partial charge < -0.3 is 15.0 Å². The summed E-state index contributed by atoms with van der Waals surface area (Å²) in [5, 5.41) is 3.56. The van der Waals surface area contributed by atoms with Gasteiger partial charge in [0.15, 0.2) is 5.96 Å². The number of ether oxygens (including phenoxy) is 1. The molecule has 1 fully saturated rings. The van der Waals surface area contributed by atoms with Gasteiger partial charge in [0.25, 0.3) is 0 Å². The average Bonchev–Trinajstić information content (AvgIpc) is 2.88. The van der Waals surface area contributed by atoms with E-state index in [1.54, 1.807) is 7.11 Å². The Bertz CT molecular complexity index is 552. The summed E-state index contributed by atoms with van der Waals surface area (Å²) in [6.07, 6.45) is 1.22. The largest absolute Gasteiger partial charge is 0.497 e. The lowest BCUT2D eigenvalue weighted by Gasteiger charge is -2.30. The second-order valence-corrected chi connectivity index (χ2v) is 7.85. The van der Waals surface area contributed by atoms with Crippen LogP contribution in [0.3, 0.4) is 0 Å². The summed E-state index contributed by atoms with van der Waals surface area (Å²) < 4.78 is 5.24. The van der Waals surface area contributed by atoms with Crippen LogP contribution in [0.5, 0.6) is 5.75 Å². The van der Waals surface area contributed by atoms with Crippen LogP contribution in [0.1, 0.15) is 39.7 Å². The van der Waals surface area contributed by atoms with E-state index >= 15 is 0 Å². The average molecular weight is 445 g/mol. The highest BCUT2D eigenvalue weighted by Gasteiger charge is 2.31. The van der Waals surface area contributed by atoms with Gasteiger partial charge in [0.2, 0.25) is 0 Å². The van der Waals surface area contributed by atoms with Crippen LogP contribution < -0.4 is 10.1 Å². The van der Waals surface area contributed by atoms with Gasteiger partial charge in [0.1, 0.15) is 5.75 Å². The Morgan fingerprint density at radius 3 is 2.38 bits per heavy atom. The molecule has 0 spiro atoms. The van der Waals surface area contributed by atoms with Gasteiger partial charge >= 0.3 is 0 Å². The molecule has 0 saturated carbocycles. The van der Waals surface area contributed by atoms with Crippen LogP contribution in [0, 0.1) is 5.41 Å². The third-order valence-corrected chi connectivity index (χ3v) is 4.75. The molecule has 0 atom stereocenters. The molecule has 1 aromatic rings. The number of hydrogen-bond donors (Lipinski definition) is 1. The molecule has 1 aliphatic rings. The molecule has 0 radical (unpaired) electrons. The van der Waals surface area contributed by atoms with Crippen molar-refractivity contribution in [3.63, 3.8) is 0 Å². The number of aliphatic imine (C=N–C) groups is 1. The molecule has 1 saturated heterocycles. The Labute approximate surface area is 164 Å². The van der Waals surface area contributed by atoms with Crippen molar-refractivity contribution in [3.8, 4) is 5.75 Å². The van der Waals surface area contributed by atoms with E-state index < -0.39 is 0 Å². The normalized spacial score (nSPS) is 17.4. The Balaban J connectivity index is 0.00000288. The van der Waals surface area contributed by atoms with Gasteiger partial charge in [0, 0.05) is 32.1 Å². The van der Waals surface area contributed by atoms with Crippen molar-refractivity contribution in [2.45, 2.75) is 39.5 Å². The van der Waals surface area contributed by atoms with Crippen molar-refractivity contribution >= 4 is 29.9 Å². The fourth-order valence-electron chi connectivity index (χ4n) is 3.07. The minimum Gasteiger partial charge on any atom is -0.497 e. The van der Waals surface area contributed by atoms with Crippen LogP contribution in [0.4, 0.5) is 0 Å². The van der Waals surface area contributed by atoms with E-state index in [0.717, 1.165) is 31.3 Å². The molecular formula is C19H32IN3O. The number of guanidine groups is 1. The van der Waals surface area contributed by atoms with E-state index in [9.17, 15) is 0 Å². The van der Waals surface area contributed by atoms with Gasteiger partial charge in [-0.2, -0.15) is 0 Å². The molecule has 0 unspecified atom stereocenters. The molecule has 1 aromatic carbocycles. The summed E-state index contributed by atoms with van der Waals surface area (Å²) in [7, 11) is 3.57. The van der Waals surface area contributed by atoms with Gasteiger partial charge in [0.05, 0.1) is 7.11 Å². The number of methoxy groups -OCH3 is 1. The van der Waals surface area contributed by atoms with Gasteiger partial charge in [-0.3, -0.25) is 4.99 Å². The van der Waals surface area contributed by atoms with Crippen molar-refractivity contribution in [1.82, 2.24) is 10.2 Å². The third kappa shape index (κ3) is 5.26. The van der Waals surface area contributed by atoms with E-state index in [-0.39, 0.29) is 29.4 Å². The first kappa shape index (κ1) is 21.1. The fraction of sp³-hybridized carbons (Fsp3) is 0.632. The SMILES string of the molecule is CN=C(NCC(C)(C)c1ccc(OC)cc1)N1CCC(C)(C)C1.I. The van der Waals surface area contributed by atoms with Crippen molar-refractivity contribution in [3.05, 3.63) is 29.8 Å². The number of hydrogen-bond acceptors (Lipinski definition) is 2. The fourth-order valence-corrected chi connectivity index (χ4v) is 3.07. The van der Waals surface area contributed by atoms with Crippen molar-refractivity contribution < 1.29 is 4.74 Å². The van der Waals surface area contributed by atoms with Crippen molar-refractivity contribution in [2.75, 3.05) is 33.8 Å². The van der Waals surface area contributed by atoms with E-state index in [1.165, 1.54) is 12.0 Å². The highest BCUT2D eigenvalue weighted by atomic mass is 127. The zero-order chi connectivity index (χ0) is 17.1. The van der Waals surface area contributed by atoms with Crippen LogP contribution in [0.2, 0.25) is 0 Å². The number of likely N-dealkylation sites (tertiary alicyclic amines) is 1. The second-order valence-electron chi connectivity index (χ2n) is 7.85. The molecule has 0 amide bonds. The maximum Gasteiger partial charge on any atom is 0.193 e. The second kappa shape index (κ2) is 8.41. The lowest BCUT2D eigenvalue weighted by atomic mass is 9.84. The Hall–Kier alpha value is -0.980. The number of benzene rings is 1. The minimum absolute atomic E-state index is 0. The molecule has 1 N–H and O–H groups in total. The van der Waals surface area contributed by atoms with Crippen molar-refractivity contribution in [2.24, 2.45) is 10.4 Å². The summed E-state index contributed by atoms with van der Waals surface area (Å²) in [5.74, 6) is 1.91. The molecule has 1 aliphatic heterocycles. The molecule has 2 rings (SSSR count). The minimum atomic E-state index is 0. The number of halogens is 1. The predicted octanol–water partition coefficient (Wildman–Crippen LogP) is 3.90. The highest BCUT2D eigenvalue weighted by molar-refractivity contribution is 14.0. The molecule has 0 aromatic heterocycles. The van der Waals surface area contributed by atoms with Crippen LogP contribution in [-0.4, -0.2) is 44.7 Å². The summed E-state index contributed by atoms with van der Waals surface area (Å²) in [6, 6.07) is 8.33. The van der Waals surface area contributed by atoms with Crippen LogP contribution in [-0.2, 0) is 5.41 Å². The smallest absolute Gasteiger partial charge is 0.193 e. The van der Waals surface area contributed by atoms with Gasteiger partial charge in [-0.1, -0.05) is 39.8 Å². The van der Waals surface area contributed by atoms with Crippen LogP contribution in [0.15, 0.2) is 29.3 Å². The molecular weight excluding hydrogens is 413 g/mol.